The van der Waals surface area contributed by atoms with Gasteiger partial charge in [-0.1, -0.05) is 0 Å². The van der Waals surface area contributed by atoms with E-state index in [1.54, 1.807) is 12.1 Å². The van der Waals surface area contributed by atoms with Crippen molar-refractivity contribution in [3.05, 3.63) is 17.0 Å². The number of hydrogen-bond donors (Lipinski definition) is 1. The molecule has 2 rings (SSSR count). The SMILES string of the molecule is Cc1ccc(S(=O)(=O)N2CCOCC2CC(=O)O)s1. The second-order valence-electron chi connectivity index (χ2n) is 4.31. The van der Waals surface area contributed by atoms with Gasteiger partial charge in [0, 0.05) is 11.4 Å². The van der Waals surface area contributed by atoms with E-state index in [1.165, 1.54) is 15.6 Å². The first-order valence-electron chi connectivity index (χ1n) is 5.79. The second-order valence-corrected chi connectivity index (χ2v) is 7.71. The number of sulfonamides is 1. The normalized spacial score (nSPS) is 21.4. The lowest BCUT2D eigenvalue weighted by Crippen LogP contribution is -2.49. The molecule has 1 aliphatic rings. The van der Waals surface area contributed by atoms with Crippen molar-refractivity contribution in [2.24, 2.45) is 0 Å². The van der Waals surface area contributed by atoms with E-state index in [1.807, 2.05) is 6.92 Å². The summed E-state index contributed by atoms with van der Waals surface area (Å²) in [6, 6.07) is 2.66. The molecule has 1 atom stereocenters. The number of nitrogens with zero attached hydrogens (tertiary/aromatic N) is 1. The minimum absolute atomic E-state index is 0.121. The highest BCUT2D eigenvalue weighted by Gasteiger charge is 2.35. The summed E-state index contributed by atoms with van der Waals surface area (Å²) in [6.07, 6.45) is -0.246. The van der Waals surface area contributed by atoms with Crippen molar-refractivity contribution in [2.45, 2.75) is 23.6 Å². The Balaban J connectivity index is 2.28. The Labute approximate surface area is 115 Å². The largest absolute Gasteiger partial charge is 0.481 e. The summed E-state index contributed by atoms with van der Waals surface area (Å²) in [5.74, 6) is -1.03. The average molecular weight is 305 g/mol. The highest BCUT2D eigenvalue weighted by molar-refractivity contribution is 7.91. The summed E-state index contributed by atoms with van der Waals surface area (Å²) in [5.41, 5.74) is 0. The number of carbonyl (C=O) groups is 1. The van der Waals surface area contributed by atoms with Crippen LogP contribution in [0.3, 0.4) is 0 Å². The minimum atomic E-state index is -3.63. The first kappa shape index (κ1) is 14.4. The molecule has 0 aliphatic carbocycles. The molecule has 0 aromatic carbocycles. The first-order valence-corrected chi connectivity index (χ1v) is 8.05. The van der Waals surface area contributed by atoms with Gasteiger partial charge < -0.3 is 9.84 Å². The average Bonchev–Trinajstić information content (AvgIpc) is 2.76. The molecule has 8 heteroatoms. The number of carboxylic acid groups (broad SMARTS) is 1. The lowest BCUT2D eigenvalue weighted by atomic mass is 10.2. The molecule has 0 radical (unpaired) electrons. The molecule has 1 unspecified atom stereocenters. The van der Waals surface area contributed by atoms with Gasteiger partial charge in [0.1, 0.15) is 4.21 Å². The van der Waals surface area contributed by atoms with Crippen LogP contribution in [0, 0.1) is 6.92 Å². The molecule has 0 bridgehead atoms. The van der Waals surface area contributed by atoms with Crippen LogP contribution in [0.2, 0.25) is 0 Å². The summed E-state index contributed by atoms with van der Waals surface area (Å²) in [4.78, 5) is 11.7. The molecule has 1 aromatic rings. The molecule has 2 heterocycles. The zero-order chi connectivity index (χ0) is 14.0. The predicted octanol–water partition coefficient (Wildman–Crippen LogP) is 0.921. The summed E-state index contributed by atoms with van der Waals surface area (Å²) in [5, 5.41) is 8.85. The van der Waals surface area contributed by atoms with Crippen molar-refractivity contribution in [2.75, 3.05) is 19.8 Å². The standard InChI is InChI=1S/C11H15NO5S2/c1-8-2-3-11(18-8)19(15,16)12-4-5-17-7-9(12)6-10(13)14/h2-3,9H,4-7H2,1H3,(H,13,14). The molecule has 0 amide bonds. The molecule has 0 saturated carbocycles. The first-order chi connectivity index (χ1) is 8.91. The van der Waals surface area contributed by atoms with Crippen LogP contribution < -0.4 is 0 Å². The van der Waals surface area contributed by atoms with Gasteiger partial charge in [0.05, 0.1) is 25.7 Å². The third-order valence-corrected chi connectivity index (χ3v) is 6.28. The van der Waals surface area contributed by atoms with Gasteiger partial charge in [-0.2, -0.15) is 4.31 Å². The topological polar surface area (TPSA) is 83.9 Å². The Kier molecular flexibility index (Phi) is 4.24. The van der Waals surface area contributed by atoms with Crippen LogP contribution in [-0.4, -0.2) is 49.6 Å². The van der Waals surface area contributed by atoms with Gasteiger partial charge in [0.15, 0.2) is 0 Å². The molecule has 0 spiro atoms. The Hall–Kier alpha value is -0.960. The Bertz CT molecular complexity index is 565. The number of hydrogen-bond acceptors (Lipinski definition) is 5. The van der Waals surface area contributed by atoms with Crippen LogP contribution in [0.15, 0.2) is 16.3 Å². The zero-order valence-corrected chi connectivity index (χ0v) is 12.0. The maximum absolute atomic E-state index is 12.5. The number of carboxylic acids is 1. The van der Waals surface area contributed by atoms with E-state index >= 15 is 0 Å². The molecule has 1 aliphatic heterocycles. The van der Waals surface area contributed by atoms with Gasteiger partial charge in [0.25, 0.3) is 10.0 Å². The van der Waals surface area contributed by atoms with Crippen LogP contribution >= 0.6 is 11.3 Å². The maximum Gasteiger partial charge on any atom is 0.305 e. The van der Waals surface area contributed by atoms with Gasteiger partial charge in [0.2, 0.25) is 0 Å². The molecular weight excluding hydrogens is 290 g/mol. The van der Waals surface area contributed by atoms with Crippen LogP contribution in [0.1, 0.15) is 11.3 Å². The van der Waals surface area contributed by atoms with E-state index in [0.717, 1.165) is 4.88 Å². The van der Waals surface area contributed by atoms with Crippen molar-refractivity contribution in [3.63, 3.8) is 0 Å². The summed E-state index contributed by atoms with van der Waals surface area (Å²) < 4.78 is 31.6. The molecular formula is C11H15NO5S2. The molecule has 19 heavy (non-hydrogen) atoms. The van der Waals surface area contributed by atoms with Gasteiger partial charge in [-0.3, -0.25) is 4.79 Å². The van der Waals surface area contributed by atoms with E-state index in [0.29, 0.717) is 6.61 Å². The van der Waals surface area contributed by atoms with E-state index in [2.05, 4.69) is 0 Å². The maximum atomic E-state index is 12.5. The zero-order valence-electron chi connectivity index (χ0n) is 10.4. The third kappa shape index (κ3) is 3.14. The molecule has 106 valence electrons. The molecule has 1 N–H and O–H groups in total. The summed E-state index contributed by atoms with van der Waals surface area (Å²) in [6.45, 7) is 2.44. The van der Waals surface area contributed by atoms with Crippen molar-refractivity contribution in [1.29, 1.82) is 0 Å². The summed E-state index contributed by atoms with van der Waals surface area (Å²) in [7, 11) is -3.63. The quantitative estimate of drug-likeness (QED) is 0.894. The summed E-state index contributed by atoms with van der Waals surface area (Å²) >= 11 is 1.19. The van der Waals surface area contributed by atoms with E-state index in [9.17, 15) is 13.2 Å². The Morgan fingerprint density at radius 3 is 2.89 bits per heavy atom. The molecule has 1 fully saturated rings. The highest BCUT2D eigenvalue weighted by Crippen LogP contribution is 2.27. The van der Waals surface area contributed by atoms with Crippen molar-refractivity contribution in [3.8, 4) is 0 Å². The van der Waals surface area contributed by atoms with Crippen LogP contribution in [0.4, 0.5) is 0 Å². The van der Waals surface area contributed by atoms with E-state index < -0.39 is 22.0 Å². The van der Waals surface area contributed by atoms with E-state index in [4.69, 9.17) is 9.84 Å². The fourth-order valence-corrected chi connectivity index (χ4v) is 4.99. The molecule has 6 nitrogen and oxygen atoms in total. The number of aryl methyl sites for hydroxylation is 1. The van der Waals surface area contributed by atoms with Gasteiger partial charge >= 0.3 is 5.97 Å². The molecule has 1 aromatic heterocycles. The van der Waals surface area contributed by atoms with Crippen molar-refractivity contribution < 1.29 is 23.1 Å². The van der Waals surface area contributed by atoms with Gasteiger partial charge in [-0.15, -0.1) is 11.3 Å². The van der Waals surface area contributed by atoms with Gasteiger partial charge in [-0.05, 0) is 19.1 Å². The number of ether oxygens (including phenoxy) is 1. The van der Waals surface area contributed by atoms with E-state index in [-0.39, 0.29) is 23.8 Å². The molecule has 1 saturated heterocycles. The Morgan fingerprint density at radius 1 is 1.58 bits per heavy atom. The second kappa shape index (κ2) is 5.58. The third-order valence-electron chi connectivity index (χ3n) is 2.86. The minimum Gasteiger partial charge on any atom is -0.481 e. The fourth-order valence-electron chi connectivity index (χ4n) is 1.98. The Morgan fingerprint density at radius 2 is 2.32 bits per heavy atom. The van der Waals surface area contributed by atoms with Gasteiger partial charge in [-0.25, -0.2) is 8.42 Å². The fraction of sp³-hybridized carbons (Fsp3) is 0.545. The highest BCUT2D eigenvalue weighted by atomic mass is 32.2. The van der Waals surface area contributed by atoms with Crippen LogP contribution in [0.5, 0.6) is 0 Å². The number of morpholine rings is 1. The van der Waals surface area contributed by atoms with Crippen molar-refractivity contribution in [1.82, 2.24) is 4.31 Å². The van der Waals surface area contributed by atoms with Crippen molar-refractivity contribution >= 4 is 27.3 Å². The lowest BCUT2D eigenvalue weighted by Gasteiger charge is -2.33. The smallest absolute Gasteiger partial charge is 0.305 e. The number of aliphatic carboxylic acids is 1. The lowest BCUT2D eigenvalue weighted by molar-refractivity contribution is -0.139. The predicted molar refractivity (Wildman–Crippen MR) is 69.8 cm³/mol. The number of thiophene rings is 1. The van der Waals surface area contributed by atoms with Crippen LogP contribution in [0.25, 0.3) is 0 Å². The monoisotopic (exact) mass is 305 g/mol. The van der Waals surface area contributed by atoms with Crippen LogP contribution in [-0.2, 0) is 19.6 Å². The number of rotatable bonds is 4.